The van der Waals surface area contributed by atoms with Crippen LogP contribution in [0.5, 0.6) is 11.5 Å². The zero-order valence-corrected chi connectivity index (χ0v) is 7.31. The molecule has 5 heteroatoms. The maximum absolute atomic E-state index is 5.56. The molecule has 1 aromatic heterocycles. The summed E-state index contributed by atoms with van der Waals surface area (Å²) in [6, 6.07) is 9.42. The number of hydrogen-bond donors (Lipinski definition) is 1. The molecule has 1 N–H and O–H groups in total. The maximum atomic E-state index is 5.56. The molecule has 0 saturated heterocycles. The van der Waals surface area contributed by atoms with Crippen LogP contribution in [-0.4, -0.2) is 17.3 Å². The largest absolute Gasteiger partial charge is 0.652 e. The van der Waals surface area contributed by atoms with Gasteiger partial charge in [-0.25, -0.2) is 0 Å². The minimum absolute atomic E-state index is 0.394. The van der Waals surface area contributed by atoms with E-state index in [1.807, 2.05) is 30.3 Å². The van der Waals surface area contributed by atoms with Gasteiger partial charge in [0.25, 0.3) is 0 Å². The molecule has 0 unspecified atom stereocenters. The van der Waals surface area contributed by atoms with Gasteiger partial charge in [0.1, 0.15) is 11.5 Å². The SMILES string of the molecule is c1ccc2c(c1)OB(c1ccn[nH]1)O2. The summed E-state index contributed by atoms with van der Waals surface area (Å²) >= 11 is 0. The molecule has 1 aliphatic heterocycles. The predicted molar refractivity (Wildman–Crippen MR) is 51.7 cm³/mol. The third-order valence-electron chi connectivity index (χ3n) is 2.09. The minimum Gasteiger partial charge on any atom is -0.518 e. The van der Waals surface area contributed by atoms with Gasteiger partial charge >= 0.3 is 7.12 Å². The monoisotopic (exact) mass is 186 g/mol. The highest BCUT2D eigenvalue weighted by Crippen LogP contribution is 2.32. The Bertz CT molecular complexity index is 419. The van der Waals surface area contributed by atoms with Gasteiger partial charge in [-0.3, -0.25) is 5.10 Å². The standard InChI is InChI=1S/C9H7BN2O2/c1-2-4-8-7(3-1)13-10(14-8)9-5-6-11-12-9/h1-6H,(H,11,12). The molecular formula is C9H7BN2O2. The Hall–Kier alpha value is -1.91. The number of nitrogens with one attached hydrogen (secondary N) is 1. The zero-order valence-electron chi connectivity index (χ0n) is 7.31. The molecular weight excluding hydrogens is 179 g/mol. The van der Waals surface area contributed by atoms with E-state index in [9.17, 15) is 0 Å². The number of benzene rings is 1. The molecule has 0 amide bonds. The number of aromatic nitrogens is 2. The molecule has 1 aromatic carbocycles. The molecule has 3 rings (SSSR count). The van der Waals surface area contributed by atoms with Gasteiger partial charge in [-0.15, -0.1) is 0 Å². The first-order chi connectivity index (χ1) is 6.93. The van der Waals surface area contributed by atoms with E-state index < -0.39 is 7.12 Å². The van der Waals surface area contributed by atoms with Crippen LogP contribution in [-0.2, 0) is 0 Å². The van der Waals surface area contributed by atoms with Crippen LogP contribution < -0.4 is 14.9 Å². The van der Waals surface area contributed by atoms with Crippen molar-refractivity contribution in [2.75, 3.05) is 0 Å². The lowest BCUT2D eigenvalue weighted by molar-refractivity contribution is 0.517. The maximum Gasteiger partial charge on any atom is 0.652 e. The number of H-pyrrole nitrogens is 1. The second kappa shape index (κ2) is 2.80. The Morgan fingerprint density at radius 2 is 1.79 bits per heavy atom. The van der Waals surface area contributed by atoms with E-state index in [1.165, 1.54) is 0 Å². The fourth-order valence-corrected chi connectivity index (χ4v) is 1.42. The second-order valence-electron chi connectivity index (χ2n) is 3.03. The summed E-state index contributed by atoms with van der Waals surface area (Å²) in [5, 5.41) is 6.66. The highest BCUT2D eigenvalue weighted by atomic mass is 16.6. The summed E-state index contributed by atoms with van der Waals surface area (Å²) in [5.74, 6) is 1.54. The number of aromatic amines is 1. The van der Waals surface area contributed by atoms with Crippen LogP contribution in [0.15, 0.2) is 36.5 Å². The summed E-state index contributed by atoms with van der Waals surface area (Å²) < 4.78 is 11.1. The quantitative estimate of drug-likeness (QED) is 0.662. The van der Waals surface area contributed by atoms with Crippen molar-refractivity contribution in [2.45, 2.75) is 0 Å². The van der Waals surface area contributed by atoms with Gasteiger partial charge in [0, 0.05) is 6.20 Å². The molecule has 0 bridgehead atoms. The van der Waals surface area contributed by atoms with Crippen LogP contribution in [0.4, 0.5) is 0 Å². The first-order valence-electron chi connectivity index (χ1n) is 4.35. The van der Waals surface area contributed by atoms with Gasteiger partial charge in [0.15, 0.2) is 0 Å². The minimum atomic E-state index is -0.394. The summed E-state index contributed by atoms with van der Waals surface area (Å²) in [6.45, 7) is 0. The topological polar surface area (TPSA) is 47.1 Å². The van der Waals surface area contributed by atoms with Crippen molar-refractivity contribution in [3.63, 3.8) is 0 Å². The molecule has 1 aliphatic rings. The molecule has 0 spiro atoms. The van der Waals surface area contributed by atoms with Gasteiger partial charge in [0.2, 0.25) is 0 Å². The predicted octanol–water partition coefficient (Wildman–Crippen LogP) is 0.576. The molecule has 68 valence electrons. The number of fused-ring (bicyclic) bond motifs is 1. The summed E-state index contributed by atoms with van der Waals surface area (Å²) in [7, 11) is -0.394. The van der Waals surface area contributed by atoms with E-state index in [-0.39, 0.29) is 0 Å². The highest BCUT2D eigenvalue weighted by Gasteiger charge is 2.34. The molecule has 4 nitrogen and oxygen atoms in total. The van der Waals surface area contributed by atoms with E-state index in [1.54, 1.807) is 6.20 Å². The number of hydrogen-bond acceptors (Lipinski definition) is 3. The van der Waals surface area contributed by atoms with Crippen molar-refractivity contribution in [3.8, 4) is 11.5 Å². The fourth-order valence-electron chi connectivity index (χ4n) is 1.42. The van der Waals surface area contributed by atoms with Crippen LogP contribution in [0, 0.1) is 0 Å². The molecule has 0 aliphatic carbocycles. The fraction of sp³-hybridized carbons (Fsp3) is 0. The van der Waals surface area contributed by atoms with Crippen LogP contribution in [0.25, 0.3) is 0 Å². The lowest BCUT2D eigenvalue weighted by Crippen LogP contribution is -2.39. The zero-order chi connectivity index (χ0) is 9.38. The van der Waals surface area contributed by atoms with Gasteiger partial charge < -0.3 is 9.31 Å². The van der Waals surface area contributed by atoms with Crippen molar-refractivity contribution in [3.05, 3.63) is 36.5 Å². The first-order valence-corrected chi connectivity index (χ1v) is 4.35. The van der Waals surface area contributed by atoms with Crippen molar-refractivity contribution < 1.29 is 9.31 Å². The summed E-state index contributed by atoms with van der Waals surface area (Å²) in [4.78, 5) is 0. The first kappa shape index (κ1) is 7.49. The van der Waals surface area contributed by atoms with Crippen LogP contribution in [0.3, 0.4) is 0 Å². The van der Waals surface area contributed by atoms with Crippen LogP contribution in [0.2, 0.25) is 0 Å². The van der Waals surface area contributed by atoms with Crippen molar-refractivity contribution in [1.29, 1.82) is 0 Å². The van der Waals surface area contributed by atoms with E-state index in [0.29, 0.717) is 0 Å². The van der Waals surface area contributed by atoms with E-state index in [4.69, 9.17) is 9.31 Å². The Balaban J connectivity index is 1.92. The van der Waals surface area contributed by atoms with Gasteiger partial charge in [-0.1, -0.05) is 12.1 Å². The Labute approximate surface area is 81.0 Å². The molecule has 0 saturated carbocycles. The number of rotatable bonds is 1. The molecule has 0 fully saturated rings. The van der Waals surface area contributed by atoms with Crippen molar-refractivity contribution >= 4 is 12.7 Å². The van der Waals surface area contributed by atoms with Crippen LogP contribution >= 0.6 is 0 Å². The highest BCUT2D eigenvalue weighted by molar-refractivity contribution is 6.62. The Morgan fingerprint density at radius 3 is 2.36 bits per heavy atom. The average molecular weight is 186 g/mol. The molecule has 2 aromatic rings. The van der Waals surface area contributed by atoms with Crippen molar-refractivity contribution in [2.24, 2.45) is 0 Å². The Morgan fingerprint density at radius 1 is 1.07 bits per heavy atom. The van der Waals surface area contributed by atoms with Crippen LogP contribution in [0.1, 0.15) is 0 Å². The number of nitrogens with zero attached hydrogens (tertiary/aromatic N) is 1. The second-order valence-corrected chi connectivity index (χ2v) is 3.03. The number of para-hydroxylation sites is 2. The van der Waals surface area contributed by atoms with Gasteiger partial charge in [-0.05, 0) is 18.2 Å². The summed E-state index contributed by atoms with van der Waals surface area (Å²) in [5.41, 5.74) is 0.821. The normalized spacial score (nSPS) is 13.3. The van der Waals surface area contributed by atoms with E-state index >= 15 is 0 Å². The van der Waals surface area contributed by atoms with E-state index in [0.717, 1.165) is 17.1 Å². The summed E-state index contributed by atoms with van der Waals surface area (Å²) in [6.07, 6.45) is 1.67. The smallest absolute Gasteiger partial charge is 0.518 e. The molecule has 2 heterocycles. The molecule has 0 atom stereocenters. The van der Waals surface area contributed by atoms with Crippen molar-refractivity contribution in [1.82, 2.24) is 10.2 Å². The average Bonchev–Trinajstić information content (AvgIpc) is 2.86. The third-order valence-corrected chi connectivity index (χ3v) is 2.09. The lowest BCUT2D eigenvalue weighted by Gasteiger charge is -1.99. The lowest BCUT2D eigenvalue weighted by atomic mass is 9.85. The third kappa shape index (κ3) is 1.06. The van der Waals surface area contributed by atoms with Gasteiger partial charge in [0.05, 0.1) is 5.59 Å². The molecule has 0 radical (unpaired) electrons. The molecule has 14 heavy (non-hydrogen) atoms. The Kier molecular flexibility index (Phi) is 1.50. The van der Waals surface area contributed by atoms with E-state index in [2.05, 4.69) is 10.2 Å². The van der Waals surface area contributed by atoms with Gasteiger partial charge in [-0.2, -0.15) is 5.10 Å².